The van der Waals surface area contributed by atoms with Gasteiger partial charge in [-0.05, 0) is 61.7 Å². The number of amides is 5. The van der Waals surface area contributed by atoms with Crippen LogP contribution in [0.3, 0.4) is 0 Å². The van der Waals surface area contributed by atoms with Crippen molar-refractivity contribution in [3.05, 3.63) is 65.0 Å². The lowest BCUT2D eigenvalue weighted by Gasteiger charge is -2.31. The lowest BCUT2D eigenvalue weighted by atomic mass is 9.94. The van der Waals surface area contributed by atoms with E-state index in [4.69, 9.17) is 4.74 Å². The number of rotatable bonds is 13. The van der Waals surface area contributed by atoms with Crippen molar-refractivity contribution in [2.24, 2.45) is 0 Å². The number of aryl methyl sites for hydroxylation is 1. The van der Waals surface area contributed by atoms with Crippen LogP contribution in [0.2, 0.25) is 0 Å². The van der Waals surface area contributed by atoms with Gasteiger partial charge in [0.15, 0.2) is 0 Å². The summed E-state index contributed by atoms with van der Waals surface area (Å²) in [5, 5.41) is 8.73. The van der Waals surface area contributed by atoms with Gasteiger partial charge >= 0.3 is 18.3 Å². The van der Waals surface area contributed by atoms with Gasteiger partial charge in [0.1, 0.15) is 18.4 Å². The number of fused-ring (bicyclic) bond motifs is 2. The molecule has 5 amide bonds. The Labute approximate surface area is 258 Å². The van der Waals surface area contributed by atoms with Gasteiger partial charge < -0.3 is 25.6 Å². The Bertz CT molecular complexity index is 1400. The van der Waals surface area contributed by atoms with Gasteiger partial charge in [0.25, 0.3) is 5.91 Å². The van der Waals surface area contributed by atoms with Crippen molar-refractivity contribution in [2.45, 2.75) is 70.3 Å². The number of anilines is 1. The lowest BCUT2D eigenvalue weighted by Crippen LogP contribution is -2.51. The van der Waals surface area contributed by atoms with Crippen molar-refractivity contribution in [2.75, 3.05) is 31.5 Å². The zero-order valence-corrected chi connectivity index (χ0v) is 25.1. The summed E-state index contributed by atoms with van der Waals surface area (Å²) in [7, 11) is 0. The molecule has 2 aromatic carbocycles. The van der Waals surface area contributed by atoms with Crippen LogP contribution in [0.5, 0.6) is 0 Å². The molecule has 2 atom stereocenters. The standard InChI is InChI=1S/C31H37F4N5O5/c1-3-4-5-14-36-15-16-37-28(43)38-24-10-11-25-22(17-24)12-13-30(25)27(42)40(29(44)45-30)19-26(41)39(20(2)31(33,34)35)18-21-6-8-23(32)9-7-21/h6-11,17,20,36H,3-5,12-16,18-19H2,1-2H3,(H2,37,38,43)/t20?,30-/m1/s1. The van der Waals surface area contributed by atoms with E-state index in [9.17, 15) is 36.7 Å². The third-order valence-electron chi connectivity index (χ3n) is 7.98. The number of ether oxygens (including phenoxy) is 1. The highest BCUT2D eigenvalue weighted by Crippen LogP contribution is 2.46. The molecule has 244 valence electrons. The molecular weight excluding hydrogens is 598 g/mol. The van der Waals surface area contributed by atoms with E-state index in [1.54, 1.807) is 18.2 Å². The molecule has 2 aliphatic rings. The first-order chi connectivity index (χ1) is 21.4. The molecule has 0 saturated carbocycles. The van der Waals surface area contributed by atoms with E-state index in [0.717, 1.165) is 44.9 Å². The van der Waals surface area contributed by atoms with Crippen molar-refractivity contribution in [3.63, 3.8) is 0 Å². The minimum absolute atomic E-state index is 0.0647. The topological polar surface area (TPSA) is 120 Å². The van der Waals surface area contributed by atoms with Gasteiger partial charge in [-0.15, -0.1) is 0 Å². The third kappa shape index (κ3) is 7.91. The molecular formula is C31H37F4N5O5. The van der Waals surface area contributed by atoms with Crippen LogP contribution in [0.25, 0.3) is 0 Å². The fraction of sp³-hybridized carbons (Fsp3) is 0.484. The fourth-order valence-corrected chi connectivity index (χ4v) is 5.43. The molecule has 0 radical (unpaired) electrons. The van der Waals surface area contributed by atoms with Crippen LogP contribution in [0.15, 0.2) is 42.5 Å². The summed E-state index contributed by atoms with van der Waals surface area (Å²) >= 11 is 0. The van der Waals surface area contributed by atoms with E-state index < -0.39 is 60.7 Å². The molecule has 10 nitrogen and oxygen atoms in total. The molecule has 1 heterocycles. The highest BCUT2D eigenvalue weighted by atomic mass is 19.4. The Morgan fingerprint density at radius 2 is 1.80 bits per heavy atom. The van der Waals surface area contributed by atoms with Gasteiger partial charge in [-0.2, -0.15) is 13.2 Å². The maximum absolute atomic E-state index is 13.7. The van der Waals surface area contributed by atoms with Crippen molar-refractivity contribution in [3.8, 4) is 0 Å². The molecule has 1 aliphatic heterocycles. The second kappa shape index (κ2) is 14.3. The smallest absolute Gasteiger partial charge is 0.418 e. The molecule has 1 unspecified atom stereocenters. The van der Waals surface area contributed by atoms with Gasteiger partial charge in [-0.1, -0.05) is 38.0 Å². The van der Waals surface area contributed by atoms with E-state index in [1.807, 2.05) is 0 Å². The first-order valence-corrected chi connectivity index (χ1v) is 14.9. The van der Waals surface area contributed by atoms with Gasteiger partial charge in [-0.25, -0.2) is 18.9 Å². The van der Waals surface area contributed by atoms with Crippen LogP contribution < -0.4 is 16.0 Å². The number of carbonyl (C=O) groups is 4. The second-order valence-corrected chi connectivity index (χ2v) is 11.2. The second-order valence-electron chi connectivity index (χ2n) is 11.2. The number of nitrogens with one attached hydrogen (secondary N) is 3. The normalized spacial score (nSPS) is 18.1. The Morgan fingerprint density at radius 3 is 2.49 bits per heavy atom. The van der Waals surface area contributed by atoms with Crippen molar-refractivity contribution < 1.29 is 41.5 Å². The summed E-state index contributed by atoms with van der Waals surface area (Å²) < 4.78 is 59.9. The summed E-state index contributed by atoms with van der Waals surface area (Å²) in [5.41, 5.74) is -0.0164. The molecule has 0 bridgehead atoms. The molecule has 1 fully saturated rings. The van der Waals surface area contributed by atoms with Gasteiger partial charge in [0, 0.05) is 37.3 Å². The minimum atomic E-state index is -4.80. The number of carbonyl (C=O) groups excluding carboxylic acids is 4. The summed E-state index contributed by atoms with van der Waals surface area (Å²) in [6, 6.07) is 6.71. The molecule has 0 aromatic heterocycles. The summed E-state index contributed by atoms with van der Waals surface area (Å²) in [6.07, 6.45) is -2.23. The summed E-state index contributed by atoms with van der Waals surface area (Å²) in [6.45, 7) is 3.34. The first kappa shape index (κ1) is 33.7. The minimum Gasteiger partial charge on any atom is -0.427 e. The van der Waals surface area contributed by atoms with E-state index in [-0.39, 0.29) is 12.0 Å². The average Bonchev–Trinajstić information content (AvgIpc) is 3.47. The Morgan fingerprint density at radius 1 is 1.07 bits per heavy atom. The van der Waals surface area contributed by atoms with Crippen LogP contribution in [0.4, 0.5) is 32.8 Å². The number of unbranched alkanes of at least 4 members (excludes halogenated alkanes) is 2. The molecule has 45 heavy (non-hydrogen) atoms. The lowest BCUT2D eigenvalue weighted by molar-refractivity contribution is -0.187. The Kier molecular flexibility index (Phi) is 10.7. The van der Waals surface area contributed by atoms with Crippen molar-refractivity contribution >= 4 is 29.6 Å². The average molecular weight is 636 g/mol. The third-order valence-corrected chi connectivity index (χ3v) is 7.98. The Hall–Kier alpha value is -4.20. The highest BCUT2D eigenvalue weighted by Gasteiger charge is 2.58. The molecule has 1 saturated heterocycles. The molecule has 1 spiro atoms. The zero-order valence-electron chi connectivity index (χ0n) is 25.1. The van der Waals surface area contributed by atoms with Gasteiger partial charge in [0.05, 0.1) is 0 Å². The number of benzene rings is 2. The number of urea groups is 1. The first-order valence-electron chi connectivity index (χ1n) is 14.9. The van der Waals surface area contributed by atoms with Crippen LogP contribution >= 0.6 is 0 Å². The van der Waals surface area contributed by atoms with E-state index in [1.165, 1.54) is 12.1 Å². The van der Waals surface area contributed by atoms with Crippen LogP contribution in [-0.2, 0) is 32.9 Å². The maximum Gasteiger partial charge on any atom is 0.418 e. The number of nitrogens with zero attached hydrogens (tertiary/aromatic N) is 2. The summed E-state index contributed by atoms with van der Waals surface area (Å²) in [5.74, 6) is -2.59. The molecule has 1 aliphatic carbocycles. The van der Waals surface area contributed by atoms with E-state index in [0.29, 0.717) is 46.1 Å². The fourth-order valence-electron chi connectivity index (χ4n) is 5.43. The molecule has 3 N–H and O–H groups in total. The predicted octanol–water partition coefficient (Wildman–Crippen LogP) is 4.83. The number of hydrogen-bond acceptors (Lipinski definition) is 6. The van der Waals surface area contributed by atoms with Crippen LogP contribution in [0.1, 0.15) is 56.2 Å². The largest absolute Gasteiger partial charge is 0.427 e. The van der Waals surface area contributed by atoms with Gasteiger partial charge in [-0.3, -0.25) is 9.59 Å². The van der Waals surface area contributed by atoms with Crippen molar-refractivity contribution in [1.29, 1.82) is 0 Å². The SMILES string of the molecule is CCCCCNCCNC(=O)Nc1ccc2c(c1)CC[C@@]21OC(=O)N(CC(=O)N(Cc2ccc(F)cc2)C(C)C(F)(F)F)C1=O. The van der Waals surface area contributed by atoms with E-state index >= 15 is 0 Å². The predicted molar refractivity (Wildman–Crippen MR) is 157 cm³/mol. The quantitative estimate of drug-likeness (QED) is 0.214. The number of halogens is 4. The highest BCUT2D eigenvalue weighted by molar-refractivity contribution is 6.06. The number of hydrogen-bond donors (Lipinski definition) is 3. The van der Waals surface area contributed by atoms with Crippen LogP contribution in [-0.4, -0.2) is 72.1 Å². The zero-order chi connectivity index (χ0) is 32.8. The maximum atomic E-state index is 13.7. The molecule has 2 aromatic rings. The summed E-state index contributed by atoms with van der Waals surface area (Å²) in [4.78, 5) is 53.0. The van der Waals surface area contributed by atoms with Gasteiger partial charge in [0.2, 0.25) is 11.5 Å². The monoisotopic (exact) mass is 635 g/mol. The Balaban J connectivity index is 1.41. The van der Waals surface area contributed by atoms with E-state index in [2.05, 4.69) is 22.9 Å². The molecule has 4 rings (SSSR count). The van der Waals surface area contributed by atoms with Crippen LogP contribution in [0, 0.1) is 5.82 Å². The van der Waals surface area contributed by atoms with Crippen molar-refractivity contribution in [1.82, 2.24) is 20.4 Å². The number of alkyl halides is 3. The number of imide groups is 1. The molecule has 14 heteroatoms.